The highest BCUT2D eigenvalue weighted by molar-refractivity contribution is 5.78. The zero-order valence-electron chi connectivity index (χ0n) is 16.7. The molecule has 160 valence electrons. The number of alkyl halides is 4. The number of benzene rings is 2. The van der Waals surface area contributed by atoms with E-state index in [1.165, 1.54) is 0 Å². The molecule has 0 bridgehead atoms. The second-order valence-corrected chi connectivity index (χ2v) is 7.41. The van der Waals surface area contributed by atoms with Gasteiger partial charge in [0.1, 0.15) is 0 Å². The molecule has 0 amide bonds. The Balaban J connectivity index is 2.05. The first-order valence-corrected chi connectivity index (χ1v) is 9.90. The van der Waals surface area contributed by atoms with E-state index >= 15 is 0 Å². The molecule has 30 heavy (non-hydrogen) atoms. The van der Waals surface area contributed by atoms with Crippen molar-refractivity contribution in [3.8, 4) is 11.1 Å². The highest BCUT2D eigenvalue weighted by atomic mass is 19.3. The van der Waals surface area contributed by atoms with Crippen molar-refractivity contribution in [1.29, 1.82) is 0 Å². The third-order valence-electron chi connectivity index (χ3n) is 5.28. The Bertz CT molecular complexity index is 984. The number of aryl methyl sites for hydroxylation is 1. The normalized spacial score (nSPS) is 17.5. The summed E-state index contributed by atoms with van der Waals surface area (Å²) in [5.41, 5.74) is -1.53. The van der Waals surface area contributed by atoms with Crippen molar-refractivity contribution in [3.63, 3.8) is 0 Å². The molecule has 0 heterocycles. The first-order valence-electron chi connectivity index (χ1n) is 9.90. The van der Waals surface area contributed by atoms with Crippen LogP contribution >= 0.6 is 0 Å². The fourth-order valence-electron chi connectivity index (χ4n) is 3.65. The quantitative estimate of drug-likeness (QED) is 0.413. The third-order valence-corrected chi connectivity index (χ3v) is 5.28. The standard InChI is InChI=1S/C24H22F6/c1-3-5-15-7-9-16(10-8-15)18-12-13-19(22(26)21(18)25)20-14-11-17(6-4-2)23(27,28)24(20,29)30/h7-14H,3-6H2,1-2H3. The maximum absolute atomic E-state index is 14.8. The van der Waals surface area contributed by atoms with E-state index in [4.69, 9.17) is 0 Å². The van der Waals surface area contributed by atoms with Gasteiger partial charge in [0.15, 0.2) is 11.6 Å². The van der Waals surface area contributed by atoms with E-state index < -0.39 is 40.2 Å². The maximum Gasteiger partial charge on any atom is 0.340 e. The van der Waals surface area contributed by atoms with E-state index in [2.05, 4.69) is 0 Å². The molecule has 0 aromatic heterocycles. The zero-order chi connectivity index (χ0) is 22.1. The second kappa shape index (κ2) is 8.32. The summed E-state index contributed by atoms with van der Waals surface area (Å²) < 4.78 is 87.5. The monoisotopic (exact) mass is 424 g/mol. The number of hydrogen-bond acceptors (Lipinski definition) is 0. The van der Waals surface area contributed by atoms with Crippen molar-refractivity contribution in [2.45, 2.75) is 51.4 Å². The molecular formula is C24H22F6. The van der Waals surface area contributed by atoms with Crippen LogP contribution in [0, 0.1) is 11.6 Å². The summed E-state index contributed by atoms with van der Waals surface area (Å²) in [6.45, 7) is 3.61. The molecule has 0 aliphatic heterocycles. The number of allylic oxidation sites excluding steroid dienone is 4. The van der Waals surface area contributed by atoms with Crippen LogP contribution in [0.1, 0.15) is 44.2 Å². The van der Waals surface area contributed by atoms with Gasteiger partial charge in [0.25, 0.3) is 0 Å². The minimum Gasteiger partial charge on any atom is -0.203 e. The zero-order valence-corrected chi connectivity index (χ0v) is 16.7. The topological polar surface area (TPSA) is 0 Å². The third kappa shape index (κ3) is 3.68. The molecule has 0 unspecified atom stereocenters. The van der Waals surface area contributed by atoms with Crippen LogP contribution < -0.4 is 0 Å². The van der Waals surface area contributed by atoms with Crippen molar-refractivity contribution in [2.24, 2.45) is 0 Å². The molecule has 2 aromatic rings. The van der Waals surface area contributed by atoms with Crippen molar-refractivity contribution in [2.75, 3.05) is 0 Å². The van der Waals surface area contributed by atoms with Crippen molar-refractivity contribution >= 4 is 5.57 Å². The molecule has 0 fully saturated rings. The highest BCUT2D eigenvalue weighted by Crippen LogP contribution is 2.52. The lowest BCUT2D eigenvalue weighted by Crippen LogP contribution is -2.44. The summed E-state index contributed by atoms with van der Waals surface area (Å²) in [7, 11) is 0. The number of hydrogen-bond donors (Lipinski definition) is 0. The summed E-state index contributed by atoms with van der Waals surface area (Å²) >= 11 is 0. The van der Waals surface area contributed by atoms with Crippen LogP contribution in [-0.2, 0) is 6.42 Å². The lowest BCUT2D eigenvalue weighted by molar-refractivity contribution is -0.149. The SMILES string of the molecule is CCCC1=CC=C(c2ccc(-c3ccc(CCC)cc3)c(F)c2F)C(F)(F)C1(F)F. The molecule has 0 nitrogen and oxygen atoms in total. The van der Waals surface area contributed by atoms with Gasteiger partial charge < -0.3 is 0 Å². The lowest BCUT2D eigenvalue weighted by Gasteiger charge is -2.33. The molecule has 0 saturated heterocycles. The summed E-state index contributed by atoms with van der Waals surface area (Å²) in [6.07, 6.45) is 3.46. The molecule has 0 spiro atoms. The van der Waals surface area contributed by atoms with Gasteiger partial charge in [-0.15, -0.1) is 0 Å². The van der Waals surface area contributed by atoms with Gasteiger partial charge in [-0.2, -0.15) is 17.6 Å². The number of rotatable bonds is 6. The van der Waals surface area contributed by atoms with Gasteiger partial charge in [-0.05, 0) is 24.0 Å². The van der Waals surface area contributed by atoms with Crippen LogP contribution in [0.2, 0.25) is 0 Å². The molecule has 1 aliphatic carbocycles. The largest absolute Gasteiger partial charge is 0.340 e. The first-order chi connectivity index (χ1) is 14.1. The van der Waals surface area contributed by atoms with E-state index in [0.29, 0.717) is 5.56 Å². The van der Waals surface area contributed by atoms with E-state index in [9.17, 15) is 26.3 Å². The lowest BCUT2D eigenvalue weighted by atomic mass is 9.84. The Labute approximate surface area is 171 Å². The molecular weight excluding hydrogens is 402 g/mol. The van der Waals surface area contributed by atoms with Gasteiger partial charge in [-0.1, -0.05) is 75.2 Å². The minimum absolute atomic E-state index is 0.118. The van der Waals surface area contributed by atoms with Gasteiger partial charge in [0.05, 0.1) is 0 Å². The molecule has 3 rings (SSSR count). The summed E-state index contributed by atoms with van der Waals surface area (Å²) in [6, 6.07) is 8.87. The summed E-state index contributed by atoms with van der Waals surface area (Å²) in [4.78, 5) is 0. The minimum atomic E-state index is -4.65. The Morgan fingerprint density at radius 3 is 1.83 bits per heavy atom. The average Bonchev–Trinajstić information content (AvgIpc) is 2.70. The fourth-order valence-corrected chi connectivity index (χ4v) is 3.65. The molecule has 6 heteroatoms. The van der Waals surface area contributed by atoms with Crippen molar-refractivity contribution < 1.29 is 26.3 Å². The van der Waals surface area contributed by atoms with Crippen LogP contribution in [0.25, 0.3) is 16.7 Å². The Hall–Kier alpha value is -2.50. The fraction of sp³-hybridized carbons (Fsp3) is 0.333. The molecule has 1 aliphatic rings. The van der Waals surface area contributed by atoms with Crippen LogP contribution in [-0.4, -0.2) is 11.8 Å². The average molecular weight is 424 g/mol. The summed E-state index contributed by atoms with van der Waals surface area (Å²) in [5.74, 6) is -12.0. The molecule has 0 atom stereocenters. The smallest absolute Gasteiger partial charge is 0.203 e. The predicted octanol–water partition coefficient (Wildman–Crippen LogP) is 7.98. The van der Waals surface area contributed by atoms with Crippen LogP contribution in [0.5, 0.6) is 0 Å². The van der Waals surface area contributed by atoms with Gasteiger partial charge in [-0.25, -0.2) is 8.78 Å². The van der Waals surface area contributed by atoms with Crippen LogP contribution in [0.3, 0.4) is 0 Å². The molecule has 0 radical (unpaired) electrons. The van der Waals surface area contributed by atoms with E-state index in [-0.39, 0.29) is 18.4 Å². The molecule has 0 saturated carbocycles. The maximum atomic E-state index is 14.8. The second-order valence-electron chi connectivity index (χ2n) is 7.41. The molecule has 0 N–H and O–H groups in total. The van der Waals surface area contributed by atoms with Gasteiger partial charge in [0, 0.05) is 22.3 Å². The Morgan fingerprint density at radius 2 is 1.23 bits per heavy atom. The van der Waals surface area contributed by atoms with E-state index in [0.717, 1.165) is 42.7 Å². The van der Waals surface area contributed by atoms with Crippen molar-refractivity contribution in [1.82, 2.24) is 0 Å². The van der Waals surface area contributed by atoms with Crippen molar-refractivity contribution in [3.05, 3.63) is 76.9 Å². The Morgan fingerprint density at radius 1 is 0.667 bits per heavy atom. The van der Waals surface area contributed by atoms with E-state index in [1.807, 2.05) is 6.92 Å². The Kier molecular flexibility index (Phi) is 6.16. The van der Waals surface area contributed by atoms with Gasteiger partial charge in [0.2, 0.25) is 0 Å². The van der Waals surface area contributed by atoms with Gasteiger partial charge >= 0.3 is 11.8 Å². The van der Waals surface area contributed by atoms with Gasteiger partial charge in [-0.3, -0.25) is 0 Å². The predicted molar refractivity (Wildman–Crippen MR) is 107 cm³/mol. The van der Waals surface area contributed by atoms with Crippen LogP contribution in [0.4, 0.5) is 26.3 Å². The molecule has 2 aromatic carbocycles. The summed E-state index contributed by atoms with van der Waals surface area (Å²) in [5, 5.41) is 0. The highest BCUT2D eigenvalue weighted by Gasteiger charge is 2.62. The van der Waals surface area contributed by atoms with E-state index in [1.54, 1.807) is 31.2 Å². The first kappa shape index (κ1) is 22.2. The number of halogens is 6. The van der Waals surface area contributed by atoms with Crippen LogP contribution in [0.15, 0.2) is 54.1 Å².